The Hall–Kier alpha value is -1.37. The van der Waals surface area contributed by atoms with Gasteiger partial charge in [-0.15, -0.1) is 0 Å². The molecule has 6 nitrogen and oxygen atoms in total. The predicted octanol–water partition coefficient (Wildman–Crippen LogP) is 1.62. The highest BCUT2D eigenvalue weighted by Crippen LogP contribution is 2.19. The average Bonchev–Trinajstić information content (AvgIpc) is 2.47. The van der Waals surface area contributed by atoms with Crippen LogP contribution in [0.2, 0.25) is 10.2 Å². The second-order valence-corrected chi connectivity index (χ2v) is 5.54. The van der Waals surface area contributed by atoms with Crippen LogP contribution in [-0.2, 0) is 4.79 Å². The van der Waals surface area contributed by atoms with Gasteiger partial charge >= 0.3 is 5.97 Å². The van der Waals surface area contributed by atoms with Gasteiger partial charge in [-0.2, -0.15) is 0 Å². The molecule has 0 spiro atoms. The van der Waals surface area contributed by atoms with Crippen LogP contribution in [0.25, 0.3) is 0 Å². The number of aliphatic carboxylic acids is 1. The van der Waals surface area contributed by atoms with E-state index in [0.717, 1.165) is 0 Å². The van der Waals surface area contributed by atoms with Gasteiger partial charge in [0.2, 0.25) is 0 Å². The molecular formula is C13H15Cl2N3O3. The summed E-state index contributed by atoms with van der Waals surface area (Å²) in [5, 5.41) is 9.16. The molecule has 0 radical (unpaired) electrons. The Morgan fingerprint density at radius 2 is 1.86 bits per heavy atom. The van der Waals surface area contributed by atoms with Crippen molar-refractivity contribution in [3.8, 4) is 0 Å². The molecule has 2 heterocycles. The van der Waals surface area contributed by atoms with Crippen LogP contribution in [0, 0.1) is 0 Å². The third kappa shape index (κ3) is 4.30. The standard InChI is InChI=1S/C13H15Cl2N3O3/c14-9-1-2-10(15)16-12(9)13(21)18-7-5-17(6-8-18)4-3-11(19)20/h1-2H,3-8H2,(H,19,20). The first-order valence-electron chi connectivity index (χ1n) is 6.53. The minimum absolute atomic E-state index is 0.107. The first kappa shape index (κ1) is 16.0. The average molecular weight is 332 g/mol. The number of aromatic nitrogens is 1. The van der Waals surface area contributed by atoms with E-state index in [1.807, 2.05) is 4.90 Å². The van der Waals surface area contributed by atoms with E-state index < -0.39 is 5.97 Å². The lowest BCUT2D eigenvalue weighted by Crippen LogP contribution is -2.49. The number of pyridine rings is 1. The number of hydrogen-bond acceptors (Lipinski definition) is 4. The van der Waals surface area contributed by atoms with Crippen molar-refractivity contribution in [3.05, 3.63) is 28.0 Å². The molecule has 1 amide bonds. The summed E-state index contributed by atoms with van der Waals surface area (Å²) in [5.41, 5.74) is 0.156. The van der Waals surface area contributed by atoms with Crippen LogP contribution in [0.1, 0.15) is 16.9 Å². The van der Waals surface area contributed by atoms with Crippen molar-refractivity contribution < 1.29 is 14.7 Å². The van der Waals surface area contributed by atoms with Gasteiger partial charge in [0.05, 0.1) is 11.4 Å². The number of amides is 1. The molecule has 1 aliphatic heterocycles. The molecule has 1 fully saturated rings. The summed E-state index contributed by atoms with van der Waals surface area (Å²) >= 11 is 11.8. The van der Waals surface area contributed by atoms with Crippen molar-refractivity contribution in [2.24, 2.45) is 0 Å². The number of hydrogen-bond donors (Lipinski definition) is 1. The number of carbonyl (C=O) groups excluding carboxylic acids is 1. The highest BCUT2D eigenvalue weighted by atomic mass is 35.5. The number of piperazine rings is 1. The molecule has 0 aliphatic carbocycles. The fourth-order valence-corrected chi connectivity index (χ4v) is 2.48. The van der Waals surface area contributed by atoms with Crippen molar-refractivity contribution in [2.75, 3.05) is 32.7 Å². The second-order valence-electron chi connectivity index (χ2n) is 4.74. The van der Waals surface area contributed by atoms with E-state index in [-0.39, 0.29) is 28.2 Å². The lowest BCUT2D eigenvalue weighted by Gasteiger charge is -2.34. The van der Waals surface area contributed by atoms with Gasteiger partial charge in [0.1, 0.15) is 10.8 Å². The molecule has 1 aliphatic rings. The van der Waals surface area contributed by atoms with Gasteiger partial charge in [-0.3, -0.25) is 14.5 Å². The largest absolute Gasteiger partial charge is 0.481 e. The van der Waals surface area contributed by atoms with Crippen LogP contribution in [0.4, 0.5) is 0 Å². The van der Waals surface area contributed by atoms with Crippen molar-refractivity contribution in [1.82, 2.24) is 14.8 Å². The zero-order valence-corrected chi connectivity index (χ0v) is 12.8. The van der Waals surface area contributed by atoms with Crippen molar-refractivity contribution in [2.45, 2.75) is 6.42 Å². The van der Waals surface area contributed by atoms with Gasteiger partial charge in [-0.1, -0.05) is 23.2 Å². The highest BCUT2D eigenvalue weighted by molar-refractivity contribution is 6.34. The van der Waals surface area contributed by atoms with E-state index in [0.29, 0.717) is 32.7 Å². The van der Waals surface area contributed by atoms with Crippen LogP contribution >= 0.6 is 23.2 Å². The highest BCUT2D eigenvalue weighted by Gasteiger charge is 2.24. The topological polar surface area (TPSA) is 73.7 Å². The van der Waals surface area contributed by atoms with Crippen molar-refractivity contribution in [1.29, 1.82) is 0 Å². The molecule has 0 saturated carbocycles. The molecule has 0 unspecified atom stereocenters. The normalized spacial score (nSPS) is 16.0. The fraction of sp³-hybridized carbons (Fsp3) is 0.462. The van der Waals surface area contributed by atoms with Crippen molar-refractivity contribution in [3.63, 3.8) is 0 Å². The summed E-state index contributed by atoms with van der Waals surface area (Å²) in [7, 11) is 0. The van der Waals surface area contributed by atoms with E-state index in [9.17, 15) is 9.59 Å². The quantitative estimate of drug-likeness (QED) is 0.848. The molecule has 0 atom stereocenters. The maximum atomic E-state index is 12.4. The Morgan fingerprint density at radius 1 is 1.19 bits per heavy atom. The summed E-state index contributed by atoms with van der Waals surface area (Å²) < 4.78 is 0. The Labute approximate surface area is 132 Å². The van der Waals surface area contributed by atoms with E-state index in [4.69, 9.17) is 28.3 Å². The number of rotatable bonds is 4. The van der Waals surface area contributed by atoms with Crippen molar-refractivity contribution >= 4 is 35.1 Å². The zero-order valence-electron chi connectivity index (χ0n) is 11.3. The van der Waals surface area contributed by atoms with E-state index in [2.05, 4.69) is 4.98 Å². The third-order valence-corrected chi connectivity index (χ3v) is 3.83. The Balaban J connectivity index is 1.94. The zero-order chi connectivity index (χ0) is 15.4. The molecule has 1 aromatic rings. The van der Waals surface area contributed by atoms with E-state index in [1.54, 1.807) is 11.0 Å². The fourth-order valence-electron chi connectivity index (χ4n) is 2.15. The lowest BCUT2D eigenvalue weighted by atomic mass is 10.2. The molecule has 114 valence electrons. The van der Waals surface area contributed by atoms with Gasteiger partial charge in [-0.05, 0) is 12.1 Å². The second kappa shape index (κ2) is 7.06. The van der Waals surface area contributed by atoms with Gasteiger partial charge in [-0.25, -0.2) is 4.98 Å². The molecule has 2 rings (SSSR count). The Bertz CT molecular complexity index is 545. The number of nitrogens with zero attached hydrogens (tertiary/aromatic N) is 3. The summed E-state index contributed by atoms with van der Waals surface area (Å²) in [4.78, 5) is 30.5. The van der Waals surface area contributed by atoms with E-state index in [1.165, 1.54) is 6.07 Å². The van der Waals surface area contributed by atoms with Crippen LogP contribution in [0.5, 0.6) is 0 Å². The molecule has 1 saturated heterocycles. The molecule has 0 aromatic carbocycles. The molecular weight excluding hydrogens is 317 g/mol. The van der Waals surface area contributed by atoms with Crippen LogP contribution < -0.4 is 0 Å². The Kier molecular flexibility index (Phi) is 5.39. The predicted molar refractivity (Wildman–Crippen MR) is 78.9 cm³/mol. The van der Waals surface area contributed by atoms with E-state index >= 15 is 0 Å². The minimum Gasteiger partial charge on any atom is -0.481 e. The minimum atomic E-state index is -0.816. The smallest absolute Gasteiger partial charge is 0.304 e. The number of carboxylic acid groups (broad SMARTS) is 1. The van der Waals surface area contributed by atoms with Gasteiger partial charge in [0, 0.05) is 32.7 Å². The summed E-state index contributed by atoms with van der Waals surface area (Å²) in [5.74, 6) is -1.07. The molecule has 1 N–H and O–H groups in total. The van der Waals surface area contributed by atoms with Crippen LogP contribution in [-0.4, -0.2) is 64.5 Å². The Morgan fingerprint density at radius 3 is 2.48 bits per heavy atom. The number of carbonyl (C=O) groups is 2. The van der Waals surface area contributed by atoms with Gasteiger partial charge in [0.15, 0.2) is 0 Å². The maximum absolute atomic E-state index is 12.4. The first-order valence-corrected chi connectivity index (χ1v) is 7.28. The third-order valence-electron chi connectivity index (χ3n) is 3.32. The molecule has 0 bridgehead atoms. The number of carboxylic acids is 1. The maximum Gasteiger partial charge on any atom is 0.304 e. The van der Waals surface area contributed by atoms with Gasteiger partial charge in [0.25, 0.3) is 5.91 Å². The summed E-state index contributed by atoms with van der Waals surface area (Å²) in [6, 6.07) is 3.08. The molecule has 8 heteroatoms. The summed E-state index contributed by atoms with van der Waals surface area (Å²) in [6.45, 7) is 2.80. The monoisotopic (exact) mass is 331 g/mol. The molecule has 21 heavy (non-hydrogen) atoms. The van der Waals surface area contributed by atoms with Crippen LogP contribution in [0.15, 0.2) is 12.1 Å². The number of halogens is 2. The SMILES string of the molecule is O=C(O)CCN1CCN(C(=O)c2nc(Cl)ccc2Cl)CC1. The summed E-state index contributed by atoms with van der Waals surface area (Å²) in [6.07, 6.45) is 0.107. The van der Waals surface area contributed by atoms with Gasteiger partial charge < -0.3 is 10.0 Å². The van der Waals surface area contributed by atoms with Crippen LogP contribution in [0.3, 0.4) is 0 Å². The lowest BCUT2D eigenvalue weighted by molar-refractivity contribution is -0.137. The molecule has 1 aromatic heterocycles. The first-order chi connectivity index (χ1) is 9.97.